The first kappa shape index (κ1) is 18.7. The van der Waals surface area contributed by atoms with Crippen molar-refractivity contribution in [3.8, 4) is 17.0 Å². The van der Waals surface area contributed by atoms with E-state index in [-0.39, 0.29) is 6.03 Å². The van der Waals surface area contributed by atoms with Crippen molar-refractivity contribution in [3.05, 3.63) is 60.7 Å². The lowest BCUT2D eigenvalue weighted by Crippen LogP contribution is -2.19. The van der Waals surface area contributed by atoms with E-state index in [4.69, 9.17) is 4.74 Å². The Balaban J connectivity index is 1.66. The summed E-state index contributed by atoms with van der Waals surface area (Å²) in [5.41, 5.74) is 3.00. The molecule has 3 aromatic rings. The van der Waals surface area contributed by atoms with Crippen LogP contribution in [0.2, 0.25) is 0 Å². The van der Waals surface area contributed by atoms with Gasteiger partial charge in [-0.2, -0.15) is 0 Å². The number of benzene rings is 2. The van der Waals surface area contributed by atoms with Gasteiger partial charge in [0.1, 0.15) is 10.8 Å². The number of nitrogens with zero attached hydrogens (tertiary/aromatic N) is 2. The highest BCUT2D eigenvalue weighted by atomic mass is 32.2. The SMILES string of the molecule is CCSc1ccc(-c2cccc(NC(=O)Nc3ccc(OC)cc3)c2)nn1. The smallest absolute Gasteiger partial charge is 0.323 e. The van der Waals surface area contributed by atoms with Gasteiger partial charge in [0.2, 0.25) is 0 Å². The molecule has 0 atom stereocenters. The second-order valence-corrected chi connectivity index (χ2v) is 6.86. The number of urea groups is 1. The van der Waals surface area contributed by atoms with Gasteiger partial charge in [0.05, 0.1) is 12.8 Å². The summed E-state index contributed by atoms with van der Waals surface area (Å²) >= 11 is 1.65. The summed E-state index contributed by atoms with van der Waals surface area (Å²) in [5.74, 6) is 1.69. The average molecular weight is 380 g/mol. The Hall–Kier alpha value is -3.06. The maximum Gasteiger partial charge on any atom is 0.323 e. The molecule has 3 rings (SSSR count). The number of hydrogen-bond donors (Lipinski definition) is 2. The minimum Gasteiger partial charge on any atom is -0.497 e. The number of thioether (sulfide) groups is 1. The van der Waals surface area contributed by atoms with E-state index < -0.39 is 0 Å². The molecule has 0 saturated heterocycles. The first-order valence-corrected chi connectivity index (χ1v) is 9.45. The highest BCUT2D eigenvalue weighted by Gasteiger charge is 2.06. The Kier molecular flexibility index (Phi) is 6.27. The van der Waals surface area contributed by atoms with Crippen LogP contribution in [0.1, 0.15) is 6.92 Å². The zero-order valence-electron chi connectivity index (χ0n) is 15.1. The fourth-order valence-electron chi connectivity index (χ4n) is 2.42. The van der Waals surface area contributed by atoms with Gasteiger partial charge in [-0.1, -0.05) is 19.1 Å². The Morgan fingerprint density at radius 2 is 1.78 bits per heavy atom. The van der Waals surface area contributed by atoms with Crippen LogP contribution in [0.5, 0.6) is 5.75 Å². The van der Waals surface area contributed by atoms with E-state index in [0.717, 1.165) is 27.8 Å². The molecule has 0 radical (unpaired) electrons. The number of nitrogens with one attached hydrogen (secondary N) is 2. The summed E-state index contributed by atoms with van der Waals surface area (Å²) in [7, 11) is 1.60. The van der Waals surface area contributed by atoms with Crippen molar-refractivity contribution in [2.45, 2.75) is 11.9 Å². The molecule has 0 fully saturated rings. The monoisotopic (exact) mass is 380 g/mol. The van der Waals surface area contributed by atoms with Crippen LogP contribution in [0.25, 0.3) is 11.3 Å². The molecule has 1 heterocycles. The number of aromatic nitrogens is 2. The van der Waals surface area contributed by atoms with Crippen molar-refractivity contribution in [3.63, 3.8) is 0 Å². The molecule has 27 heavy (non-hydrogen) atoms. The molecule has 0 aliphatic rings. The van der Waals surface area contributed by atoms with Crippen molar-refractivity contribution < 1.29 is 9.53 Å². The molecule has 0 aliphatic carbocycles. The zero-order valence-corrected chi connectivity index (χ0v) is 15.9. The fraction of sp³-hybridized carbons (Fsp3) is 0.150. The number of anilines is 2. The normalized spacial score (nSPS) is 10.3. The van der Waals surface area contributed by atoms with Gasteiger partial charge in [0.15, 0.2) is 0 Å². The second kappa shape index (κ2) is 9.05. The molecular formula is C20H20N4O2S. The van der Waals surface area contributed by atoms with Crippen LogP contribution in [0, 0.1) is 0 Å². The van der Waals surface area contributed by atoms with Crippen LogP contribution >= 0.6 is 11.8 Å². The molecule has 0 aliphatic heterocycles. The van der Waals surface area contributed by atoms with E-state index in [2.05, 4.69) is 27.8 Å². The van der Waals surface area contributed by atoms with Crippen LogP contribution in [0.15, 0.2) is 65.7 Å². The predicted molar refractivity (Wildman–Crippen MR) is 110 cm³/mol. The van der Waals surface area contributed by atoms with E-state index in [1.807, 2.05) is 36.4 Å². The van der Waals surface area contributed by atoms with E-state index in [1.54, 1.807) is 43.1 Å². The van der Waals surface area contributed by atoms with Crippen molar-refractivity contribution in [2.75, 3.05) is 23.5 Å². The Morgan fingerprint density at radius 3 is 2.44 bits per heavy atom. The average Bonchev–Trinajstić information content (AvgIpc) is 2.69. The highest BCUT2D eigenvalue weighted by molar-refractivity contribution is 7.99. The largest absolute Gasteiger partial charge is 0.497 e. The Morgan fingerprint density at radius 1 is 1.00 bits per heavy atom. The summed E-state index contributed by atoms with van der Waals surface area (Å²) in [6.45, 7) is 2.08. The maximum absolute atomic E-state index is 12.2. The van der Waals surface area contributed by atoms with Crippen LogP contribution in [-0.4, -0.2) is 29.1 Å². The topological polar surface area (TPSA) is 76.1 Å². The second-order valence-electron chi connectivity index (χ2n) is 5.58. The van der Waals surface area contributed by atoms with Crippen molar-refractivity contribution in [1.29, 1.82) is 0 Å². The molecule has 0 saturated carbocycles. The summed E-state index contributed by atoms with van der Waals surface area (Å²) in [6, 6.07) is 18.2. The lowest BCUT2D eigenvalue weighted by Gasteiger charge is -2.09. The van der Waals surface area contributed by atoms with Crippen molar-refractivity contribution in [1.82, 2.24) is 10.2 Å². The van der Waals surface area contributed by atoms with Crippen LogP contribution in [-0.2, 0) is 0 Å². The molecule has 7 heteroatoms. The Labute approximate surface area is 162 Å². The third kappa shape index (κ3) is 5.21. The van der Waals surface area contributed by atoms with Crippen LogP contribution in [0.4, 0.5) is 16.2 Å². The molecule has 138 valence electrons. The molecule has 0 bridgehead atoms. The van der Waals surface area contributed by atoms with Crippen LogP contribution in [0.3, 0.4) is 0 Å². The number of hydrogen-bond acceptors (Lipinski definition) is 5. The zero-order chi connectivity index (χ0) is 19.1. The van der Waals surface area contributed by atoms with Gasteiger partial charge in [0, 0.05) is 16.9 Å². The first-order chi connectivity index (χ1) is 13.2. The number of rotatable bonds is 6. The van der Waals surface area contributed by atoms with E-state index in [9.17, 15) is 4.79 Å². The molecule has 2 N–H and O–H groups in total. The Bertz CT molecular complexity index is 899. The van der Waals surface area contributed by atoms with Gasteiger partial charge in [0.25, 0.3) is 0 Å². The lowest BCUT2D eigenvalue weighted by atomic mass is 10.1. The third-order valence-electron chi connectivity index (χ3n) is 3.70. The summed E-state index contributed by atoms with van der Waals surface area (Å²) in [4.78, 5) is 12.2. The van der Waals surface area contributed by atoms with E-state index in [1.165, 1.54) is 0 Å². The van der Waals surface area contributed by atoms with E-state index >= 15 is 0 Å². The summed E-state index contributed by atoms with van der Waals surface area (Å²) in [6.07, 6.45) is 0. The van der Waals surface area contributed by atoms with Gasteiger partial charge < -0.3 is 15.4 Å². The number of carbonyl (C=O) groups excluding carboxylic acids is 1. The quantitative estimate of drug-likeness (QED) is 0.594. The van der Waals surface area contributed by atoms with Crippen LogP contribution < -0.4 is 15.4 Å². The molecule has 1 aromatic heterocycles. The van der Waals surface area contributed by atoms with Gasteiger partial charge in [-0.25, -0.2) is 4.79 Å². The van der Waals surface area contributed by atoms with Gasteiger partial charge in [-0.05, 0) is 54.3 Å². The third-order valence-corrected chi connectivity index (χ3v) is 4.50. The minimum atomic E-state index is -0.321. The molecular weight excluding hydrogens is 360 g/mol. The van der Waals surface area contributed by atoms with E-state index in [0.29, 0.717) is 11.4 Å². The number of amides is 2. The maximum atomic E-state index is 12.2. The molecule has 0 spiro atoms. The summed E-state index contributed by atoms with van der Waals surface area (Å²) < 4.78 is 5.11. The standard InChI is InChI=1S/C20H20N4O2S/c1-3-27-19-12-11-18(23-24-19)14-5-4-6-16(13-14)22-20(25)21-15-7-9-17(26-2)10-8-15/h4-13H,3H2,1-2H3,(H2,21,22,25). The highest BCUT2D eigenvalue weighted by Crippen LogP contribution is 2.22. The van der Waals surface area contributed by atoms with Gasteiger partial charge in [-0.15, -0.1) is 22.0 Å². The summed E-state index contributed by atoms with van der Waals surface area (Å²) in [5, 5.41) is 15.0. The molecule has 6 nitrogen and oxygen atoms in total. The molecule has 2 amide bonds. The van der Waals surface area contributed by atoms with Crippen molar-refractivity contribution >= 4 is 29.2 Å². The van der Waals surface area contributed by atoms with Crippen molar-refractivity contribution in [2.24, 2.45) is 0 Å². The van der Waals surface area contributed by atoms with Gasteiger partial charge in [-0.3, -0.25) is 0 Å². The fourth-order valence-corrected chi connectivity index (χ4v) is 2.98. The minimum absolute atomic E-state index is 0.321. The predicted octanol–water partition coefficient (Wildman–Crippen LogP) is 4.91. The van der Waals surface area contributed by atoms with Gasteiger partial charge >= 0.3 is 6.03 Å². The number of methoxy groups -OCH3 is 1. The lowest BCUT2D eigenvalue weighted by molar-refractivity contribution is 0.262. The first-order valence-electron chi connectivity index (χ1n) is 8.47. The number of carbonyl (C=O) groups is 1. The number of ether oxygens (including phenoxy) is 1. The molecule has 0 unspecified atom stereocenters. The molecule has 2 aromatic carbocycles.